The molecule has 1 saturated heterocycles. The van der Waals surface area contributed by atoms with Crippen LogP contribution in [0.15, 0.2) is 35.9 Å². The summed E-state index contributed by atoms with van der Waals surface area (Å²) in [6.45, 7) is 9.19. The highest BCUT2D eigenvalue weighted by Gasteiger charge is 2.28. The van der Waals surface area contributed by atoms with E-state index in [-0.39, 0.29) is 23.5 Å². The summed E-state index contributed by atoms with van der Waals surface area (Å²) in [6, 6.07) is 7.36. The van der Waals surface area contributed by atoms with Gasteiger partial charge in [0.15, 0.2) is 0 Å². The number of methoxy groups -OCH3 is 2. The molecule has 1 heterocycles. The quantitative estimate of drug-likeness (QED) is 0.330. The van der Waals surface area contributed by atoms with Crippen LogP contribution in [-0.2, 0) is 30.2 Å². The zero-order valence-corrected chi connectivity index (χ0v) is 21.5. The predicted octanol–water partition coefficient (Wildman–Crippen LogP) is 3.22. The molecule has 35 heavy (non-hydrogen) atoms. The average molecular weight is 489 g/mol. The van der Waals surface area contributed by atoms with E-state index in [2.05, 4.69) is 4.74 Å². The number of hydrogen-bond acceptors (Lipinski definition) is 7. The van der Waals surface area contributed by atoms with Crippen molar-refractivity contribution in [2.45, 2.75) is 46.1 Å². The SMILES string of the molecule is COC(=O)/C=C(/CC(C)Cc1ccc(C(=O)N2CCN(C(=O)OC(C)(C)C)CC2)cc1)C(=O)OC. The Hall–Kier alpha value is -3.36. The molecule has 1 atom stereocenters. The molecule has 2 amide bonds. The van der Waals surface area contributed by atoms with Crippen LogP contribution in [0, 0.1) is 5.92 Å². The number of esters is 2. The second-order valence-electron chi connectivity index (χ2n) is 9.65. The highest BCUT2D eigenvalue weighted by atomic mass is 16.6. The molecular weight excluding hydrogens is 452 g/mol. The maximum absolute atomic E-state index is 12.9. The van der Waals surface area contributed by atoms with Crippen LogP contribution >= 0.6 is 0 Å². The zero-order chi connectivity index (χ0) is 26.2. The van der Waals surface area contributed by atoms with Crippen LogP contribution in [0.3, 0.4) is 0 Å². The molecule has 0 saturated carbocycles. The Kier molecular flexibility index (Phi) is 9.86. The van der Waals surface area contributed by atoms with Gasteiger partial charge in [-0.2, -0.15) is 0 Å². The first kappa shape index (κ1) is 27.9. The molecule has 1 unspecified atom stereocenters. The standard InChI is InChI=1S/C26H36N2O7/c1-18(16-21(24(31)34-6)17-22(29)33-5)15-19-7-9-20(10-8-19)23(30)27-11-13-28(14-12-27)25(32)35-26(2,3)4/h7-10,17-18H,11-16H2,1-6H3/b21-17-. The van der Waals surface area contributed by atoms with E-state index in [4.69, 9.17) is 9.47 Å². The van der Waals surface area contributed by atoms with Crippen molar-refractivity contribution in [3.05, 3.63) is 47.0 Å². The maximum atomic E-state index is 12.9. The number of piperazine rings is 1. The minimum Gasteiger partial charge on any atom is -0.466 e. The van der Waals surface area contributed by atoms with Crippen LogP contribution < -0.4 is 0 Å². The lowest BCUT2D eigenvalue weighted by Crippen LogP contribution is -2.51. The van der Waals surface area contributed by atoms with Crippen molar-refractivity contribution in [3.8, 4) is 0 Å². The molecule has 2 rings (SSSR count). The van der Waals surface area contributed by atoms with Crippen molar-refractivity contribution in [1.82, 2.24) is 9.80 Å². The number of rotatable bonds is 7. The van der Waals surface area contributed by atoms with Crippen molar-refractivity contribution in [1.29, 1.82) is 0 Å². The molecule has 0 spiro atoms. The van der Waals surface area contributed by atoms with Gasteiger partial charge >= 0.3 is 18.0 Å². The average Bonchev–Trinajstić information content (AvgIpc) is 2.82. The van der Waals surface area contributed by atoms with E-state index in [0.29, 0.717) is 44.6 Å². The molecule has 9 nitrogen and oxygen atoms in total. The van der Waals surface area contributed by atoms with E-state index in [0.717, 1.165) is 11.6 Å². The third-order valence-corrected chi connectivity index (χ3v) is 5.51. The van der Waals surface area contributed by atoms with Gasteiger partial charge in [-0.25, -0.2) is 14.4 Å². The van der Waals surface area contributed by atoms with Gasteiger partial charge in [-0.3, -0.25) is 4.79 Å². The number of ether oxygens (including phenoxy) is 3. The predicted molar refractivity (Wildman–Crippen MR) is 130 cm³/mol. The van der Waals surface area contributed by atoms with E-state index in [1.165, 1.54) is 14.2 Å². The third kappa shape index (κ3) is 8.73. The molecule has 192 valence electrons. The number of hydrogen-bond donors (Lipinski definition) is 0. The first-order valence-corrected chi connectivity index (χ1v) is 11.7. The zero-order valence-electron chi connectivity index (χ0n) is 21.5. The Labute approximate surface area is 207 Å². The number of amides is 2. The van der Waals surface area contributed by atoms with E-state index in [1.54, 1.807) is 21.9 Å². The van der Waals surface area contributed by atoms with E-state index >= 15 is 0 Å². The van der Waals surface area contributed by atoms with Gasteiger partial charge in [0.25, 0.3) is 5.91 Å². The van der Waals surface area contributed by atoms with Gasteiger partial charge in [-0.15, -0.1) is 0 Å². The molecule has 0 bridgehead atoms. The number of carbonyl (C=O) groups excluding carboxylic acids is 4. The summed E-state index contributed by atoms with van der Waals surface area (Å²) in [5.41, 5.74) is 1.28. The first-order chi connectivity index (χ1) is 16.4. The Balaban J connectivity index is 1.92. The lowest BCUT2D eigenvalue weighted by molar-refractivity contribution is -0.138. The van der Waals surface area contributed by atoms with Gasteiger partial charge in [0.1, 0.15) is 5.60 Å². The summed E-state index contributed by atoms with van der Waals surface area (Å²) in [4.78, 5) is 52.0. The first-order valence-electron chi connectivity index (χ1n) is 11.7. The normalized spacial score (nSPS) is 15.3. The fraction of sp³-hybridized carbons (Fsp3) is 0.538. The topological polar surface area (TPSA) is 102 Å². The molecule has 0 N–H and O–H groups in total. The molecule has 1 aliphatic rings. The minimum atomic E-state index is -0.604. The minimum absolute atomic E-state index is 0.0486. The smallest absolute Gasteiger partial charge is 0.410 e. The van der Waals surface area contributed by atoms with Crippen LogP contribution in [-0.4, -0.2) is 79.7 Å². The molecule has 0 radical (unpaired) electrons. The number of nitrogens with zero attached hydrogens (tertiary/aromatic N) is 2. The van der Waals surface area contributed by atoms with Gasteiger partial charge in [0.2, 0.25) is 0 Å². The maximum Gasteiger partial charge on any atom is 0.410 e. The molecular formula is C26H36N2O7. The monoisotopic (exact) mass is 488 g/mol. The lowest BCUT2D eigenvalue weighted by atomic mass is 9.93. The Morgan fingerprint density at radius 2 is 1.51 bits per heavy atom. The Morgan fingerprint density at radius 3 is 2.03 bits per heavy atom. The van der Waals surface area contributed by atoms with E-state index in [9.17, 15) is 19.2 Å². The van der Waals surface area contributed by atoms with Crippen molar-refractivity contribution in [2.75, 3.05) is 40.4 Å². The third-order valence-electron chi connectivity index (χ3n) is 5.51. The number of carbonyl (C=O) groups is 4. The number of benzene rings is 1. The van der Waals surface area contributed by atoms with Gasteiger partial charge in [0, 0.05) is 43.4 Å². The second kappa shape index (κ2) is 12.4. The Bertz CT molecular complexity index is 939. The summed E-state index contributed by atoms with van der Waals surface area (Å²) in [7, 11) is 2.52. The summed E-state index contributed by atoms with van der Waals surface area (Å²) in [5, 5.41) is 0. The fourth-order valence-corrected chi connectivity index (χ4v) is 3.77. The van der Waals surface area contributed by atoms with Crippen LogP contribution in [0.25, 0.3) is 0 Å². The summed E-state index contributed by atoms with van der Waals surface area (Å²) < 4.78 is 14.8. The molecule has 0 aromatic heterocycles. The van der Waals surface area contributed by atoms with E-state index < -0.39 is 17.5 Å². The van der Waals surface area contributed by atoms with Crippen molar-refractivity contribution >= 4 is 23.9 Å². The molecule has 1 fully saturated rings. The summed E-state index contributed by atoms with van der Waals surface area (Å²) in [5.74, 6) is -1.20. The van der Waals surface area contributed by atoms with Crippen LogP contribution in [0.5, 0.6) is 0 Å². The van der Waals surface area contributed by atoms with Gasteiger partial charge < -0.3 is 24.0 Å². The summed E-state index contributed by atoms with van der Waals surface area (Å²) in [6.07, 6.45) is 1.80. The second-order valence-corrected chi connectivity index (χ2v) is 9.65. The summed E-state index contributed by atoms with van der Waals surface area (Å²) >= 11 is 0. The molecule has 9 heteroatoms. The largest absolute Gasteiger partial charge is 0.466 e. The molecule has 0 aliphatic carbocycles. The highest BCUT2D eigenvalue weighted by Crippen LogP contribution is 2.20. The Morgan fingerprint density at radius 1 is 0.943 bits per heavy atom. The van der Waals surface area contributed by atoms with Crippen LogP contribution in [0.2, 0.25) is 0 Å². The van der Waals surface area contributed by atoms with Gasteiger partial charge in [-0.1, -0.05) is 19.1 Å². The van der Waals surface area contributed by atoms with Crippen LogP contribution in [0.4, 0.5) is 4.79 Å². The van der Waals surface area contributed by atoms with E-state index in [1.807, 2.05) is 39.8 Å². The fourth-order valence-electron chi connectivity index (χ4n) is 3.77. The molecule has 1 aromatic carbocycles. The van der Waals surface area contributed by atoms with Crippen molar-refractivity contribution < 1.29 is 33.4 Å². The van der Waals surface area contributed by atoms with Crippen molar-refractivity contribution in [3.63, 3.8) is 0 Å². The van der Waals surface area contributed by atoms with Crippen LogP contribution in [0.1, 0.15) is 50.0 Å². The lowest BCUT2D eigenvalue weighted by Gasteiger charge is -2.35. The highest BCUT2D eigenvalue weighted by molar-refractivity contribution is 5.96. The van der Waals surface area contributed by atoms with Gasteiger partial charge in [-0.05, 0) is 57.2 Å². The molecule has 1 aliphatic heterocycles. The van der Waals surface area contributed by atoms with Crippen molar-refractivity contribution in [2.24, 2.45) is 5.92 Å². The molecule has 1 aromatic rings. The van der Waals surface area contributed by atoms with Gasteiger partial charge in [0.05, 0.1) is 14.2 Å².